The number of sulfone groups is 1. The van der Waals surface area contributed by atoms with Crippen molar-refractivity contribution in [2.24, 2.45) is 17.3 Å². The van der Waals surface area contributed by atoms with Crippen molar-refractivity contribution in [3.8, 4) is 0 Å². The molecule has 4 aliphatic rings. The van der Waals surface area contributed by atoms with Gasteiger partial charge >= 0.3 is 0 Å². The summed E-state index contributed by atoms with van der Waals surface area (Å²) in [5.41, 5.74) is -0.526. The summed E-state index contributed by atoms with van der Waals surface area (Å²) in [4.78, 5) is 25.3. The molecular weight excluding hydrogens is 400 g/mol. The number of rotatable bonds is 4. The van der Waals surface area contributed by atoms with Gasteiger partial charge in [0.2, 0.25) is 11.8 Å². The van der Waals surface area contributed by atoms with Gasteiger partial charge < -0.3 is 10.6 Å². The number of anilines is 1. The Morgan fingerprint density at radius 1 is 1.14 bits per heavy atom. The van der Waals surface area contributed by atoms with Crippen LogP contribution in [0, 0.1) is 17.3 Å². The fourth-order valence-electron chi connectivity index (χ4n) is 6.13. The van der Waals surface area contributed by atoms with Gasteiger partial charge in [0, 0.05) is 18.7 Å². The predicted molar refractivity (Wildman–Crippen MR) is 107 cm³/mol. The van der Waals surface area contributed by atoms with Crippen molar-refractivity contribution >= 4 is 38.9 Å². The highest BCUT2D eigenvalue weighted by Gasteiger charge is 2.60. The lowest BCUT2D eigenvalue weighted by atomic mass is 9.46. The van der Waals surface area contributed by atoms with Crippen LogP contribution in [0.2, 0.25) is 5.02 Å². The van der Waals surface area contributed by atoms with Crippen LogP contribution in [-0.2, 0) is 19.4 Å². The average Bonchev–Trinajstić information content (AvgIpc) is 2.53. The molecule has 152 valence electrons. The molecule has 4 fully saturated rings. The number of benzene rings is 1. The third-order valence-electron chi connectivity index (χ3n) is 6.60. The van der Waals surface area contributed by atoms with E-state index in [9.17, 15) is 18.0 Å². The second-order valence-electron chi connectivity index (χ2n) is 9.07. The lowest BCUT2D eigenvalue weighted by Crippen LogP contribution is -2.65. The molecule has 2 N–H and O–H groups in total. The molecule has 1 aromatic rings. The minimum atomic E-state index is -3.40. The van der Waals surface area contributed by atoms with Crippen LogP contribution >= 0.6 is 11.6 Å². The Bertz CT molecular complexity index is 945. The van der Waals surface area contributed by atoms with Crippen LogP contribution in [0.3, 0.4) is 0 Å². The van der Waals surface area contributed by atoms with Crippen LogP contribution < -0.4 is 10.6 Å². The first-order valence-corrected chi connectivity index (χ1v) is 11.9. The van der Waals surface area contributed by atoms with Gasteiger partial charge in [0.1, 0.15) is 0 Å². The molecule has 2 unspecified atom stereocenters. The largest absolute Gasteiger partial charge is 0.351 e. The summed E-state index contributed by atoms with van der Waals surface area (Å²) < 4.78 is 23.7. The third kappa shape index (κ3) is 3.43. The number of amides is 2. The van der Waals surface area contributed by atoms with Gasteiger partial charge in [-0.05, 0) is 68.6 Å². The lowest BCUT2D eigenvalue weighted by Gasteiger charge is -2.61. The van der Waals surface area contributed by atoms with Crippen LogP contribution in [0.15, 0.2) is 23.1 Å². The monoisotopic (exact) mass is 424 g/mol. The minimum Gasteiger partial charge on any atom is -0.351 e. The van der Waals surface area contributed by atoms with Gasteiger partial charge in [-0.3, -0.25) is 9.59 Å². The molecule has 4 aliphatic carbocycles. The molecule has 2 atom stereocenters. The zero-order valence-electron chi connectivity index (χ0n) is 16.0. The number of halogens is 1. The van der Waals surface area contributed by atoms with E-state index in [4.69, 9.17) is 11.6 Å². The van der Waals surface area contributed by atoms with E-state index in [0.717, 1.165) is 38.4 Å². The van der Waals surface area contributed by atoms with Crippen LogP contribution in [-0.4, -0.2) is 32.0 Å². The highest BCUT2D eigenvalue weighted by atomic mass is 35.5. The van der Waals surface area contributed by atoms with Crippen molar-refractivity contribution in [2.75, 3.05) is 11.6 Å². The van der Waals surface area contributed by atoms with Crippen molar-refractivity contribution < 1.29 is 18.0 Å². The summed E-state index contributed by atoms with van der Waals surface area (Å²) >= 11 is 6.23. The number of carbonyl (C=O) groups excluding carboxylic acids is 2. The van der Waals surface area contributed by atoms with E-state index < -0.39 is 15.3 Å². The van der Waals surface area contributed by atoms with Gasteiger partial charge in [0.15, 0.2) is 9.84 Å². The number of hydrogen-bond donors (Lipinski definition) is 2. The fourth-order valence-corrected chi connectivity index (χ4v) is 6.95. The van der Waals surface area contributed by atoms with Gasteiger partial charge in [0.25, 0.3) is 0 Å². The summed E-state index contributed by atoms with van der Waals surface area (Å²) in [6.07, 6.45) is 6.34. The Kier molecular flexibility index (Phi) is 4.54. The summed E-state index contributed by atoms with van der Waals surface area (Å²) in [5.74, 6) is 0.679. The van der Waals surface area contributed by atoms with Crippen LogP contribution in [0.25, 0.3) is 0 Å². The van der Waals surface area contributed by atoms with E-state index in [-0.39, 0.29) is 22.2 Å². The molecule has 0 saturated heterocycles. The molecule has 0 spiro atoms. The molecule has 1 aromatic carbocycles. The van der Waals surface area contributed by atoms with Crippen molar-refractivity contribution in [2.45, 2.75) is 55.9 Å². The van der Waals surface area contributed by atoms with Crippen molar-refractivity contribution in [1.29, 1.82) is 0 Å². The van der Waals surface area contributed by atoms with Crippen LogP contribution in [0.4, 0.5) is 5.69 Å². The molecule has 5 rings (SSSR count). The maximum absolute atomic E-state index is 13.4. The van der Waals surface area contributed by atoms with Crippen LogP contribution in [0.5, 0.6) is 0 Å². The molecule has 0 radical (unpaired) electrons. The summed E-state index contributed by atoms with van der Waals surface area (Å²) in [5, 5.41) is 6.36. The maximum Gasteiger partial charge on any atom is 0.230 e. The molecule has 28 heavy (non-hydrogen) atoms. The molecule has 8 heteroatoms. The van der Waals surface area contributed by atoms with Gasteiger partial charge in [-0.15, -0.1) is 0 Å². The molecule has 0 aromatic heterocycles. The predicted octanol–water partition coefficient (Wildman–Crippen LogP) is 3.16. The van der Waals surface area contributed by atoms with Crippen molar-refractivity contribution in [3.05, 3.63) is 23.2 Å². The first-order valence-electron chi connectivity index (χ1n) is 9.60. The zero-order valence-corrected chi connectivity index (χ0v) is 17.6. The molecule has 0 aliphatic heterocycles. The minimum absolute atomic E-state index is 0.0543. The Hall–Kier alpha value is -1.60. The average molecular weight is 425 g/mol. The topological polar surface area (TPSA) is 92.3 Å². The van der Waals surface area contributed by atoms with E-state index in [1.54, 1.807) is 0 Å². The quantitative estimate of drug-likeness (QED) is 0.776. The molecule has 6 nitrogen and oxygen atoms in total. The molecule has 4 bridgehead atoms. The SMILES string of the molecule is CC(=O)NC12CC3CC(C1)CC(C(=O)Nc1cc(S(C)(=O)=O)ccc1Cl)(C3)C2. The Morgan fingerprint density at radius 3 is 2.36 bits per heavy atom. The van der Waals surface area contributed by atoms with Gasteiger partial charge in [-0.25, -0.2) is 8.42 Å². The van der Waals surface area contributed by atoms with Gasteiger partial charge in [-0.2, -0.15) is 0 Å². The second kappa shape index (κ2) is 6.46. The second-order valence-corrected chi connectivity index (χ2v) is 11.5. The molecule has 4 saturated carbocycles. The summed E-state index contributed by atoms with van der Waals surface area (Å²) in [6.45, 7) is 1.53. The fraction of sp³-hybridized carbons (Fsp3) is 0.600. The van der Waals surface area contributed by atoms with E-state index >= 15 is 0 Å². The van der Waals surface area contributed by atoms with Crippen molar-refractivity contribution in [3.63, 3.8) is 0 Å². The molecule has 0 heterocycles. The Morgan fingerprint density at radius 2 is 1.79 bits per heavy atom. The Labute approximate surface area is 170 Å². The maximum atomic E-state index is 13.4. The zero-order chi connectivity index (χ0) is 20.3. The summed E-state index contributed by atoms with van der Waals surface area (Å²) in [7, 11) is -3.40. The third-order valence-corrected chi connectivity index (χ3v) is 8.04. The normalized spacial score (nSPS) is 33.5. The molecular formula is C20H25ClN2O4S. The lowest BCUT2D eigenvalue weighted by molar-refractivity contribution is -0.148. The van der Waals surface area contributed by atoms with E-state index in [0.29, 0.717) is 29.0 Å². The van der Waals surface area contributed by atoms with E-state index in [1.807, 2.05) is 0 Å². The Balaban J connectivity index is 1.63. The highest BCUT2D eigenvalue weighted by Crippen LogP contribution is 2.62. The first-order chi connectivity index (χ1) is 13.0. The number of hydrogen-bond acceptors (Lipinski definition) is 4. The van der Waals surface area contributed by atoms with Crippen LogP contribution in [0.1, 0.15) is 45.4 Å². The smallest absolute Gasteiger partial charge is 0.230 e. The first kappa shape index (κ1) is 19.7. The number of nitrogens with one attached hydrogen (secondary N) is 2. The highest BCUT2D eigenvalue weighted by molar-refractivity contribution is 7.90. The number of carbonyl (C=O) groups is 2. The van der Waals surface area contributed by atoms with Gasteiger partial charge in [0.05, 0.1) is 21.0 Å². The van der Waals surface area contributed by atoms with E-state index in [1.165, 1.54) is 25.1 Å². The standard InChI is InChI=1S/C20H25ClN2O4S/c1-12(24)23-20-9-13-5-14(10-20)8-19(7-13,11-20)18(25)22-17-6-15(28(2,26)27)3-4-16(17)21/h3-4,6,13-14H,5,7-11H2,1-2H3,(H,22,25)(H,23,24). The van der Waals surface area contributed by atoms with Gasteiger partial charge in [-0.1, -0.05) is 11.6 Å². The van der Waals surface area contributed by atoms with E-state index in [2.05, 4.69) is 10.6 Å². The molecule has 2 amide bonds. The summed E-state index contributed by atoms with van der Waals surface area (Å²) in [6, 6.07) is 4.34. The van der Waals surface area contributed by atoms with Crippen molar-refractivity contribution in [1.82, 2.24) is 5.32 Å².